The summed E-state index contributed by atoms with van der Waals surface area (Å²) >= 11 is 1.38. The van der Waals surface area contributed by atoms with E-state index in [1.807, 2.05) is 29.0 Å². The average molecular weight is 261 g/mol. The van der Waals surface area contributed by atoms with Crippen molar-refractivity contribution in [3.63, 3.8) is 0 Å². The van der Waals surface area contributed by atoms with Gasteiger partial charge in [0.25, 0.3) is 0 Å². The molecule has 2 rings (SSSR count). The molecule has 0 aliphatic heterocycles. The highest BCUT2D eigenvalue weighted by Crippen LogP contribution is 2.21. The molecule has 0 saturated heterocycles. The summed E-state index contributed by atoms with van der Waals surface area (Å²) in [7, 11) is 0. The van der Waals surface area contributed by atoms with Crippen LogP contribution < -0.4 is 5.73 Å². The zero-order valence-corrected chi connectivity index (χ0v) is 10.9. The maximum Gasteiger partial charge on any atom is 0.230 e. The van der Waals surface area contributed by atoms with Gasteiger partial charge in [-0.3, -0.25) is 4.79 Å². The number of imidazole rings is 1. The molecule has 0 bridgehead atoms. The first-order valence-corrected chi connectivity index (χ1v) is 6.56. The lowest BCUT2D eigenvalue weighted by atomic mass is 10.2. The number of hydrogen-bond acceptors (Lipinski definition) is 3. The molecule has 0 aliphatic carbocycles. The Hall–Kier alpha value is -1.75. The van der Waals surface area contributed by atoms with Crippen molar-refractivity contribution in [2.45, 2.75) is 23.9 Å². The van der Waals surface area contributed by atoms with Crippen LogP contribution in [0, 0.1) is 0 Å². The van der Waals surface area contributed by atoms with Gasteiger partial charge in [0.05, 0.1) is 5.25 Å². The van der Waals surface area contributed by atoms with Crippen LogP contribution >= 0.6 is 11.8 Å². The van der Waals surface area contributed by atoms with E-state index in [2.05, 4.69) is 17.1 Å². The number of primary amides is 1. The van der Waals surface area contributed by atoms with Gasteiger partial charge >= 0.3 is 0 Å². The molecule has 94 valence electrons. The third-order valence-corrected chi connectivity index (χ3v) is 3.69. The fraction of sp³-hybridized carbons (Fsp3) is 0.231. The van der Waals surface area contributed by atoms with Crippen molar-refractivity contribution in [2.75, 3.05) is 0 Å². The van der Waals surface area contributed by atoms with E-state index in [4.69, 9.17) is 5.73 Å². The highest BCUT2D eigenvalue weighted by Gasteiger charge is 2.14. The van der Waals surface area contributed by atoms with Gasteiger partial charge in [0.1, 0.15) is 0 Å². The van der Waals surface area contributed by atoms with E-state index in [0.29, 0.717) is 0 Å². The summed E-state index contributed by atoms with van der Waals surface area (Å²) in [5.41, 5.74) is 6.46. The fourth-order valence-electron chi connectivity index (χ4n) is 1.53. The number of hydrogen-bond donors (Lipinski definition) is 1. The van der Waals surface area contributed by atoms with Crippen molar-refractivity contribution < 1.29 is 4.79 Å². The molecule has 0 unspecified atom stereocenters. The first kappa shape index (κ1) is 12.7. The number of rotatable bonds is 5. The number of aromatic nitrogens is 2. The minimum atomic E-state index is -0.325. The lowest BCUT2D eigenvalue weighted by molar-refractivity contribution is -0.117. The van der Waals surface area contributed by atoms with Gasteiger partial charge in [-0.15, -0.1) is 0 Å². The molecule has 0 saturated carbocycles. The van der Waals surface area contributed by atoms with E-state index in [0.717, 1.165) is 11.7 Å². The van der Waals surface area contributed by atoms with Crippen LogP contribution in [-0.4, -0.2) is 20.7 Å². The van der Waals surface area contributed by atoms with E-state index in [1.54, 1.807) is 13.1 Å². The molecular weight excluding hydrogens is 246 g/mol. The molecule has 4 nitrogen and oxygen atoms in total. The minimum Gasteiger partial charge on any atom is -0.369 e. The van der Waals surface area contributed by atoms with Gasteiger partial charge in [-0.25, -0.2) is 4.98 Å². The topological polar surface area (TPSA) is 60.9 Å². The first-order chi connectivity index (χ1) is 8.66. The molecule has 0 aliphatic rings. The Kier molecular flexibility index (Phi) is 4.04. The lowest BCUT2D eigenvalue weighted by Crippen LogP contribution is -2.23. The predicted octanol–water partition coefficient (Wildman–Crippen LogP) is 1.90. The Labute approximate surface area is 110 Å². The van der Waals surface area contributed by atoms with E-state index >= 15 is 0 Å². The van der Waals surface area contributed by atoms with E-state index in [-0.39, 0.29) is 11.2 Å². The number of nitrogens with two attached hydrogens (primary N) is 1. The summed E-state index contributed by atoms with van der Waals surface area (Å²) in [4.78, 5) is 15.3. The fourth-order valence-corrected chi connectivity index (χ4v) is 2.35. The Morgan fingerprint density at radius 3 is 2.83 bits per heavy atom. The van der Waals surface area contributed by atoms with Crippen LogP contribution in [0.15, 0.2) is 47.9 Å². The summed E-state index contributed by atoms with van der Waals surface area (Å²) in [5, 5.41) is 0.534. The lowest BCUT2D eigenvalue weighted by Gasteiger charge is -2.10. The molecule has 1 amide bonds. The molecule has 0 radical (unpaired) electrons. The minimum absolute atomic E-state index is 0.276. The second-order valence-corrected chi connectivity index (χ2v) is 5.29. The third kappa shape index (κ3) is 3.13. The standard InChI is InChI=1S/C13H15N3OS/c1-10(12(14)17)18-13-15-7-8-16(13)9-11-5-3-2-4-6-11/h2-8,10H,9H2,1H3,(H2,14,17)/t10-/m1/s1. The third-order valence-electron chi connectivity index (χ3n) is 2.56. The van der Waals surface area contributed by atoms with Crippen LogP contribution in [0.4, 0.5) is 0 Å². The zero-order valence-electron chi connectivity index (χ0n) is 10.1. The second-order valence-electron chi connectivity index (χ2n) is 3.99. The van der Waals surface area contributed by atoms with Crippen molar-refractivity contribution in [3.8, 4) is 0 Å². The zero-order chi connectivity index (χ0) is 13.0. The normalized spacial score (nSPS) is 12.3. The molecule has 1 aromatic heterocycles. The van der Waals surface area contributed by atoms with Gasteiger partial charge in [-0.05, 0) is 12.5 Å². The first-order valence-electron chi connectivity index (χ1n) is 5.68. The van der Waals surface area contributed by atoms with Crippen LogP contribution in [0.3, 0.4) is 0 Å². The number of carbonyl (C=O) groups excluding carboxylic acids is 1. The highest BCUT2D eigenvalue weighted by atomic mass is 32.2. The van der Waals surface area contributed by atoms with Crippen LogP contribution in [0.25, 0.3) is 0 Å². The van der Waals surface area contributed by atoms with Gasteiger partial charge in [0.15, 0.2) is 5.16 Å². The second kappa shape index (κ2) is 5.73. The van der Waals surface area contributed by atoms with Crippen LogP contribution in [0.5, 0.6) is 0 Å². The van der Waals surface area contributed by atoms with Crippen LogP contribution in [-0.2, 0) is 11.3 Å². The molecular formula is C13H15N3OS. The molecule has 18 heavy (non-hydrogen) atoms. The molecule has 1 heterocycles. The molecule has 0 fully saturated rings. The maximum atomic E-state index is 11.1. The summed E-state index contributed by atoms with van der Waals surface area (Å²) in [6, 6.07) is 10.1. The van der Waals surface area contributed by atoms with Crippen molar-refractivity contribution in [3.05, 3.63) is 48.3 Å². The van der Waals surface area contributed by atoms with Crippen LogP contribution in [0.2, 0.25) is 0 Å². The predicted molar refractivity (Wildman–Crippen MR) is 72.3 cm³/mol. The smallest absolute Gasteiger partial charge is 0.230 e. The molecule has 2 N–H and O–H groups in total. The SMILES string of the molecule is C[C@@H](Sc1nccn1Cc1ccccc1)C(N)=O. The Bertz CT molecular complexity index is 524. The van der Waals surface area contributed by atoms with Gasteiger partial charge < -0.3 is 10.3 Å². The Morgan fingerprint density at radius 2 is 2.17 bits per heavy atom. The molecule has 0 spiro atoms. The summed E-state index contributed by atoms with van der Waals surface area (Å²) in [5.74, 6) is -0.325. The summed E-state index contributed by atoms with van der Waals surface area (Å²) < 4.78 is 2.01. The largest absolute Gasteiger partial charge is 0.369 e. The van der Waals surface area contributed by atoms with Crippen molar-refractivity contribution in [1.29, 1.82) is 0 Å². The van der Waals surface area contributed by atoms with Crippen molar-refractivity contribution in [1.82, 2.24) is 9.55 Å². The van der Waals surface area contributed by atoms with Crippen LogP contribution in [0.1, 0.15) is 12.5 Å². The number of nitrogens with zero attached hydrogens (tertiary/aromatic N) is 2. The van der Waals surface area contributed by atoms with E-state index < -0.39 is 0 Å². The average Bonchev–Trinajstić information content (AvgIpc) is 2.78. The maximum absolute atomic E-state index is 11.1. The van der Waals surface area contributed by atoms with Gasteiger partial charge in [0, 0.05) is 18.9 Å². The Morgan fingerprint density at radius 1 is 1.44 bits per heavy atom. The quantitative estimate of drug-likeness (QED) is 0.836. The number of carbonyl (C=O) groups is 1. The number of thioether (sulfide) groups is 1. The molecule has 2 aromatic rings. The van der Waals surface area contributed by atoms with Gasteiger partial charge in [0.2, 0.25) is 5.91 Å². The van der Waals surface area contributed by atoms with Gasteiger partial charge in [-0.2, -0.15) is 0 Å². The van der Waals surface area contributed by atoms with Crippen molar-refractivity contribution >= 4 is 17.7 Å². The summed E-state index contributed by atoms with van der Waals surface area (Å²) in [6.07, 6.45) is 3.64. The van der Waals surface area contributed by atoms with E-state index in [1.165, 1.54) is 17.3 Å². The molecule has 1 aromatic carbocycles. The summed E-state index contributed by atoms with van der Waals surface area (Å²) in [6.45, 7) is 2.53. The van der Waals surface area contributed by atoms with Gasteiger partial charge in [-0.1, -0.05) is 42.1 Å². The van der Waals surface area contributed by atoms with Crippen molar-refractivity contribution in [2.24, 2.45) is 5.73 Å². The molecule has 5 heteroatoms. The number of benzene rings is 1. The Balaban J connectivity index is 2.11. The number of amides is 1. The monoisotopic (exact) mass is 261 g/mol. The van der Waals surface area contributed by atoms with E-state index in [9.17, 15) is 4.79 Å². The highest BCUT2D eigenvalue weighted by molar-refractivity contribution is 8.00. The molecule has 1 atom stereocenters.